The molecule has 19 nitrogen and oxygen atoms in total. The molecule has 68 heavy (non-hydrogen) atoms. The Balaban J connectivity index is 1.27. The fraction of sp³-hybridized carbons (Fsp3) is 0.583. The van der Waals surface area contributed by atoms with Gasteiger partial charge in [-0.2, -0.15) is 0 Å². The number of piperidine rings is 1. The van der Waals surface area contributed by atoms with Crippen LogP contribution in [0.3, 0.4) is 0 Å². The number of ether oxygens (including phenoxy) is 2. The largest absolute Gasteiger partial charge is 0.480 e. The van der Waals surface area contributed by atoms with Gasteiger partial charge in [-0.3, -0.25) is 48.1 Å². The molecule has 3 aliphatic heterocycles. The van der Waals surface area contributed by atoms with Gasteiger partial charge >= 0.3 is 11.9 Å². The first-order chi connectivity index (χ1) is 32.2. The molecule has 1 aromatic heterocycles. The number of epoxide rings is 1. The molecule has 0 aliphatic carbocycles. The molecule has 7 amide bonds. The van der Waals surface area contributed by atoms with E-state index < -0.39 is 78.2 Å². The van der Waals surface area contributed by atoms with Crippen molar-refractivity contribution in [1.82, 2.24) is 35.6 Å². The quantitative estimate of drug-likeness (QED) is 0.0511. The van der Waals surface area contributed by atoms with E-state index in [1.807, 2.05) is 58.0 Å². The van der Waals surface area contributed by atoms with Crippen molar-refractivity contribution in [3.63, 3.8) is 0 Å². The van der Waals surface area contributed by atoms with Gasteiger partial charge < -0.3 is 40.3 Å². The first-order valence-electron chi connectivity index (χ1n) is 23.3. The number of hydrogen-bond acceptors (Lipinski definition) is 13. The van der Waals surface area contributed by atoms with Gasteiger partial charge in [0.15, 0.2) is 11.7 Å². The minimum atomic E-state index is -1.39. The molecule has 4 N–H and O–H groups in total. The van der Waals surface area contributed by atoms with Crippen LogP contribution in [0.25, 0.3) is 0 Å². The van der Waals surface area contributed by atoms with Gasteiger partial charge in [-0.25, -0.2) is 4.98 Å². The summed E-state index contributed by atoms with van der Waals surface area (Å²) in [5, 5.41) is 19.2. The van der Waals surface area contributed by atoms with Crippen molar-refractivity contribution in [3.8, 4) is 0 Å². The number of carboxylic acids is 1. The Bertz CT molecular complexity index is 2200. The number of nitrogens with one attached hydrogen (secondary N) is 3. The zero-order chi connectivity index (χ0) is 49.9. The number of rotatable bonds is 24. The summed E-state index contributed by atoms with van der Waals surface area (Å²) in [7, 11) is 1.64. The maximum atomic E-state index is 14.6. The fourth-order valence-corrected chi connectivity index (χ4v) is 9.59. The van der Waals surface area contributed by atoms with Crippen molar-refractivity contribution in [2.24, 2.45) is 11.8 Å². The molecular weight excluding hydrogens is 899 g/mol. The van der Waals surface area contributed by atoms with Gasteiger partial charge in [-0.1, -0.05) is 64.4 Å². The minimum absolute atomic E-state index is 0.0193. The Kier molecular flexibility index (Phi) is 18.5. The molecule has 4 heterocycles. The summed E-state index contributed by atoms with van der Waals surface area (Å²) in [6.07, 6.45) is 4.49. The lowest BCUT2D eigenvalue weighted by atomic mass is 9.92. The molecule has 5 rings (SSSR count). The van der Waals surface area contributed by atoms with E-state index in [2.05, 4.69) is 20.9 Å². The smallest absolute Gasteiger partial charge is 0.322 e. The summed E-state index contributed by atoms with van der Waals surface area (Å²) in [5.41, 5.74) is -0.520. The molecule has 0 saturated carbocycles. The molecule has 2 aromatic rings. The molecule has 8 atom stereocenters. The van der Waals surface area contributed by atoms with Gasteiger partial charge in [0.25, 0.3) is 23.6 Å². The highest BCUT2D eigenvalue weighted by molar-refractivity contribution is 7.09. The Hall–Kier alpha value is -6.02. The van der Waals surface area contributed by atoms with Crippen LogP contribution in [0, 0.1) is 11.8 Å². The lowest BCUT2D eigenvalue weighted by molar-refractivity contribution is -0.149. The Morgan fingerprint density at radius 3 is 2.34 bits per heavy atom. The number of likely N-dealkylation sites (tertiary alicyclic amines) is 1. The zero-order valence-corrected chi connectivity index (χ0v) is 40.7. The lowest BCUT2D eigenvalue weighted by Gasteiger charge is -2.39. The number of likely N-dealkylation sites (N-methyl/N-ethyl adjacent to an activating group) is 1. The lowest BCUT2D eigenvalue weighted by Crippen LogP contribution is -2.59. The van der Waals surface area contributed by atoms with E-state index >= 15 is 0 Å². The number of nitrogens with zero attached hydrogens (tertiary/aromatic N) is 4. The maximum Gasteiger partial charge on any atom is 0.322 e. The highest BCUT2D eigenvalue weighted by atomic mass is 32.1. The summed E-state index contributed by atoms with van der Waals surface area (Å²) < 4.78 is 11.6. The van der Waals surface area contributed by atoms with Crippen LogP contribution in [-0.4, -0.2) is 141 Å². The van der Waals surface area contributed by atoms with Crippen LogP contribution < -0.4 is 16.0 Å². The fourth-order valence-electron chi connectivity index (χ4n) is 8.75. The number of hydrogen-bond donors (Lipinski definition) is 4. The van der Waals surface area contributed by atoms with Gasteiger partial charge in [-0.15, -0.1) is 11.3 Å². The van der Waals surface area contributed by atoms with Gasteiger partial charge in [0, 0.05) is 63.5 Å². The number of carbonyl (C=O) groups is 9. The topological polar surface area (TPSA) is 254 Å². The van der Waals surface area contributed by atoms with E-state index in [0.29, 0.717) is 37.2 Å². The van der Waals surface area contributed by atoms with Gasteiger partial charge in [0.05, 0.1) is 6.04 Å². The van der Waals surface area contributed by atoms with E-state index in [9.17, 15) is 43.2 Å². The molecular formula is C48H65N7O12S. The number of amides is 7. The molecule has 0 spiro atoms. The number of esters is 1. The van der Waals surface area contributed by atoms with Crippen LogP contribution in [0.2, 0.25) is 0 Å². The van der Waals surface area contributed by atoms with Crippen LogP contribution in [0.5, 0.6) is 0 Å². The predicted octanol–water partition coefficient (Wildman–Crippen LogP) is 3.33. The van der Waals surface area contributed by atoms with E-state index in [1.54, 1.807) is 16.8 Å². The van der Waals surface area contributed by atoms with Crippen molar-refractivity contribution >= 4 is 64.6 Å². The number of benzene rings is 1. The third-order valence-electron chi connectivity index (χ3n) is 12.9. The van der Waals surface area contributed by atoms with Crippen molar-refractivity contribution in [2.45, 2.75) is 141 Å². The van der Waals surface area contributed by atoms with Crippen LogP contribution in [-0.2, 0) is 54.3 Å². The second-order valence-electron chi connectivity index (χ2n) is 18.2. The first kappa shape index (κ1) is 52.9. The third-order valence-corrected chi connectivity index (χ3v) is 13.9. The summed E-state index contributed by atoms with van der Waals surface area (Å²) in [5.74, 6) is -5.27. The summed E-state index contributed by atoms with van der Waals surface area (Å²) in [6.45, 7) is 10.4. The van der Waals surface area contributed by atoms with E-state index in [-0.39, 0.29) is 67.0 Å². The van der Waals surface area contributed by atoms with E-state index in [0.717, 1.165) is 34.6 Å². The normalized spacial score (nSPS) is 21.1. The van der Waals surface area contributed by atoms with Crippen LogP contribution in [0.15, 0.2) is 47.9 Å². The van der Waals surface area contributed by atoms with Crippen molar-refractivity contribution in [2.75, 3.05) is 26.7 Å². The number of thiazole rings is 1. The van der Waals surface area contributed by atoms with Crippen LogP contribution >= 0.6 is 11.3 Å². The molecule has 370 valence electrons. The number of carbonyl (C=O) groups excluding carboxylic acids is 8. The molecule has 2 unspecified atom stereocenters. The standard InChI is InChI=1S/C48H65N7O12S/c1-8-29(4)41(52-44(63)34-18-12-14-22-54(34)37(57)19-13-15-23-55-38(58)20-21-39(55)59)46(64)53(7)35(28(2)3)25-36(66-30(5)56)45-51-33(27-68-45)43(62)50-32(24-31-16-10-9-11-17-31)42-48(6,67-42)47(65)49-26-40(60)61/h9-11,16-17,20-21,27-29,32,34-36,41-42H,8,12-15,18-19,22-26H2,1-7H3,(H,49,65)(H,50,62)(H,52,63)(H,60,61)/t29-,32-,34+,35+,36+,41-,42?,48?/m0/s1. The molecule has 2 saturated heterocycles. The van der Waals surface area contributed by atoms with Crippen LogP contribution in [0.4, 0.5) is 0 Å². The number of unbranched alkanes of at least 4 members (excludes halogenated alkanes) is 1. The summed E-state index contributed by atoms with van der Waals surface area (Å²) >= 11 is 1.10. The SMILES string of the molecule is CC[C@H](C)[C@H](NC(=O)[C@H]1CCCCN1C(=O)CCCCN1C(=O)C=CC1=O)C(=O)N(C)[C@H](C[C@@H](OC(C)=O)c1nc(C(=O)N[C@@H](Cc2ccccc2)C2OC2(C)C(=O)NCC(=O)O)cs1)C(C)C. The monoisotopic (exact) mass is 963 g/mol. The highest BCUT2D eigenvalue weighted by Crippen LogP contribution is 2.40. The molecule has 2 fully saturated rings. The second kappa shape index (κ2) is 23.8. The first-order valence-corrected chi connectivity index (χ1v) is 24.2. The third kappa shape index (κ3) is 13.6. The van der Waals surface area contributed by atoms with Crippen molar-refractivity contribution < 1.29 is 57.7 Å². The average Bonchev–Trinajstić information content (AvgIpc) is 3.58. The number of aliphatic carboxylic acids is 1. The Labute approximate surface area is 400 Å². The Morgan fingerprint density at radius 1 is 1.01 bits per heavy atom. The minimum Gasteiger partial charge on any atom is -0.480 e. The molecule has 3 aliphatic rings. The van der Waals surface area contributed by atoms with Gasteiger partial charge in [-0.05, 0) is 62.8 Å². The average molecular weight is 964 g/mol. The highest BCUT2D eigenvalue weighted by Gasteiger charge is 2.62. The number of aromatic nitrogens is 1. The van der Waals surface area contributed by atoms with Crippen LogP contribution in [0.1, 0.15) is 120 Å². The predicted molar refractivity (Wildman–Crippen MR) is 248 cm³/mol. The van der Waals surface area contributed by atoms with E-state index in [4.69, 9.17) is 14.6 Å². The molecule has 20 heteroatoms. The summed E-state index contributed by atoms with van der Waals surface area (Å²) in [4.78, 5) is 125. The molecule has 1 aromatic carbocycles. The maximum absolute atomic E-state index is 14.6. The Morgan fingerprint density at radius 2 is 1.71 bits per heavy atom. The molecule has 0 bridgehead atoms. The molecule has 0 radical (unpaired) electrons. The number of imide groups is 1. The van der Waals surface area contributed by atoms with Crippen molar-refractivity contribution in [3.05, 3.63) is 64.1 Å². The summed E-state index contributed by atoms with van der Waals surface area (Å²) in [6, 6.07) is 6.26. The number of carboxylic acid groups (broad SMARTS) is 1. The van der Waals surface area contributed by atoms with E-state index in [1.165, 1.54) is 31.4 Å². The van der Waals surface area contributed by atoms with Crippen molar-refractivity contribution in [1.29, 1.82) is 0 Å². The van der Waals surface area contributed by atoms with Gasteiger partial charge in [0.2, 0.25) is 17.7 Å². The zero-order valence-electron chi connectivity index (χ0n) is 39.9. The van der Waals surface area contributed by atoms with Gasteiger partial charge in [0.1, 0.15) is 35.4 Å². The second-order valence-corrected chi connectivity index (χ2v) is 19.1.